The second-order valence-electron chi connectivity index (χ2n) is 3.53. The molecule has 1 heterocycles. The van der Waals surface area contributed by atoms with Crippen molar-refractivity contribution in [3.05, 3.63) is 46.9 Å². The Kier molecular flexibility index (Phi) is 3.43. The number of carbonyl (C=O) groups is 1. The molecular weight excluding hydrogens is 256 g/mol. The summed E-state index contributed by atoms with van der Waals surface area (Å²) in [5.74, 6) is -0.715. The first-order valence-corrected chi connectivity index (χ1v) is 5.43. The number of benzene rings is 1. The predicted octanol–water partition coefficient (Wildman–Crippen LogP) is 2.93. The number of aromatic nitrogens is 2. The molecule has 1 aromatic heterocycles. The first kappa shape index (κ1) is 12.3. The zero-order valence-corrected chi connectivity index (χ0v) is 10.2. The van der Waals surface area contributed by atoms with Crippen LogP contribution in [-0.2, 0) is 0 Å². The van der Waals surface area contributed by atoms with Crippen molar-refractivity contribution in [2.45, 2.75) is 6.92 Å². The average molecular weight is 265 g/mol. The Balaban J connectivity index is 2.46. The van der Waals surface area contributed by atoms with Crippen LogP contribution in [0.4, 0.5) is 0 Å². The summed E-state index contributed by atoms with van der Waals surface area (Å²) in [5.41, 5.74) is 0.745. The third-order valence-electron chi connectivity index (χ3n) is 2.27. The molecule has 0 bridgehead atoms. The first-order valence-electron chi connectivity index (χ1n) is 5.06. The zero-order chi connectivity index (χ0) is 13.1. The van der Waals surface area contributed by atoms with Crippen LogP contribution < -0.4 is 4.74 Å². The van der Waals surface area contributed by atoms with Crippen molar-refractivity contribution in [2.24, 2.45) is 0 Å². The van der Waals surface area contributed by atoms with Crippen molar-refractivity contribution >= 4 is 17.6 Å². The minimum Gasteiger partial charge on any atom is -0.478 e. The summed E-state index contributed by atoms with van der Waals surface area (Å²) in [6.45, 7) is 1.75. The van der Waals surface area contributed by atoms with Crippen LogP contribution in [0.25, 0.3) is 0 Å². The van der Waals surface area contributed by atoms with Gasteiger partial charge >= 0.3 is 5.97 Å². The highest BCUT2D eigenvalue weighted by Crippen LogP contribution is 2.31. The molecule has 0 saturated carbocycles. The Morgan fingerprint density at radius 2 is 2.22 bits per heavy atom. The molecule has 5 nitrogen and oxygen atoms in total. The van der Waals surface area contributed by atoms with E-state index in [-0.39, 0.29) is 22.2 Å². The summed E-state index contributed by atoms with van der Waals surface area (Å²) in [6, 6.07) is 4.85. The fraction of sp³-hybridized carbons (Fsp3) is 0.0833. The fourth-order valence-corrected chi connectivity index (χ4v) is 1.57. The predicted molar refractivity (Wildman–Crippen MR) is 65.3 cm³/mol. The smallest absolute Gasteiger partial charge is 0.339 e. The third-order valence-corrected chi connectivity index (χ3v) is 2.53. The summed E-state index contributed by atoms with van der Waals surface area (Å²) in [6.07, 6.45) is 2.66. The number of halogens is 1. The molecule has 0 unspecified atom stereocenters. The van der Waals surface area contributed by atoms with E-state index in [1.807, 2.05) is 0 Å². The van der Waals surface area contributed by atoms with Crippen LogP contribution in [0, 0.1) is 6.92 Å². The van der Waals surface area contributed by atoms with Crippen LogP contribution in [0.3, 0.4) is 0 Å². The van der Waals surface area contributed by atoms with E-state index in [1.54, 1.807) is 19.1 Å². The molecule has 0 spiro atoms. The molecule has 0 fully saturated rings. The van der Waals surface area contributed by atoms with Gasteiger partial charge in [-0.2, -0.15) is 0 Å². The van der Waals surface area contributed by atoms with E-state index in [1.165, 1.54) is 18.6 Å². The minimum atomic E-state index is -1.07. The van der Waals surface area contributed by atoms with Crippen molar-refractivity contribution in [3.8, 4) is 11.6 Å². The van der Waals surface area contributed by atoms with E-state index in [2.05, 4.69) is 9.97 Å². The molecular formula is C12H9ClN2O3. The molecule has 18 heavy (non-hydrogen) atoms. The van der Waals surface area contributed by atoms with E-state index in [4.69, 9.17) is 21.4 Å². The Hall–Kier alpha value is -2.14. The van der Waals surface area contributed by atoms with Gasteiger partial charge in [-0.1, -0.05) is 23.7 Å². The van der Waals surface area contributed by atoms with Crippen molar-refractivity contribution in [1.82, 2.24) is 9.97 Å². The van der Waals surface area contributed by atoms with Gasteiger partial charge in [0.15, 0.2) is 0 Å². The average Bonchev–Trinajstić information content (AvgIpc) is 2.34. The minimum absolute atomic E-state index is 0.0599. The lowest BCUT2D eigenvalue weighted by molar-refractivity contribution is 0.0694. The molecule has 0 amide bonds. The molecule has 0 saturated heterocycles. The fourth-order valence-electron chi connectivity index (χ4n) is 1.43. The number of nitrogens with zero attached hydrogens (tertiary/aromatic N) is 2. The normalized spacial score (nSPS) is 10.1. The number of hydrogen-bond acceptors (Lipinski definition) is 4. The summed E-state index contributed by atoms with van der Waals surface area (Å²) in [7, 11) is 0. The molecule has 0 atom stereocenters. The SMILES string of the molecule is Cc1cccc(C(=O)O)c1Oc1ncncc1Cl. The maximum Gasteiger partial charge on any atom is 0.339 e. The molecule has 1 N–H and O–H groups in total. The van der Waals surface area contributed by atoms with Crippen LogP contribution in [0.5, 0.6) is 11.6 Å². The number of hydrogen-bond donors (Lipinski definition) is 1. The zero-order valence-electron chi connectivity index (χ0n) is 9.42. The number of rotatable bonds is 3. The van der Waals surface area contributed by atoms with Gasteiger partial charge < -0.3 is 9.84 Å². The molecule has 0 radical (unpaired) electrons. The second-order valence-corrected chi connectivity index (χ2v) is 3.94. The van der Waals surface area contributed by atoms with Crippen LogP contribution >= 0.6 is 11.6 Å². The van der Waals surface area contributed by atoms with Gasteiger partial charge in [0.2, 0.25) is 5.88 Å². The molecule has 1 aromatic carbocycles. The van der Waals surface area contributed by atoms with Crippen molar-refractivity contribution in [3.63, 3.8) is 0 Å². The maximum absolute atomic E-state index is 11.1. The topological polar surface area (TPSA) is 72.3 Å². The maximum atomic E-state index is 11.1. The monoisotopic (exact) mass is 264 g/mol. The highest BCUT2D eigenvalue weighted by atomic mass is 35.5. The van der Waals surface area contributed by atoms with Crippen molar-refractivity contribution in [2.75, 3.05) is 0 Å². The number of aromatic carboxylic acids is 1. The number of para-hydroxylation sites is 1. The molecule has 2 aromatic rings. The van der Waals surface area contributed by atoms with Crippen molar-refractivity contribution in [1.29, 1.82) is 0 Å². The first-order chi connectivity index (χ1) is 8.59. The highest BCUT2D eigenvalue weighted by molar-refractivity contribution is 6.31. The lowest BCUT2D eigenvalue weighted by Crippen LogP contribution is -2.02. The second kappa shape index (κ2) is 5.01. The summed E-state index contributed by atoms with van der Waals surface area (Å²) in [5, 5.41) is 9.31. The van der Waals surface area contributed by atoms with E-state index < -0.39 is 5.97 Å². The Morgan fingerprint density at radius 3 is 2.89 bits per heavy atom. The summed E-state index contributed by atoms with van der Waals surface area (Å²) in [4.78, 5) is 18.7. The largest absolute Gasteiger partial charge is 0.478 e. The highest BCUT2D eigenvalue weighted by Gasteiger charge is 2.15. The summed E-state index contributed by atoms with van der Waals surface area (Å²) >= 11 is 5.86. The number of carboxylic acid groups (broad SMARTS) is 1. The van der Waals surface area contributed by atoms with E-state index in [9.17, 15) is 4.79 Å². The van der Waals surface area contributed by atoms with E-state index in [0.29, 0.717) is 5.56 Å². The molecule has 2 rings (SSSR count). The molecule has 92 valence electrons. The van der Waals surface area contributed by atoms with Gasteiger partial charge in [-0.3, -0.25) is 0 Å². The van der Waals surface area contributed by atoms with Gasteiger partial charge in [0.05, 0.1) is 6.20 Å². The Morgan fingerprint density at radius 1 is 1.44 bits per heavy atom. The van der Waals surface area contributed by atoms with Crippen molar-refractivity contribution < 1.29 is 14.6 Å². The van der Waals surface area contributed by atoms with Crippen LogP contribution in [0.15, 0.2) is 30.7 Å². The summed E-state index contributed by atoms with van der Waals surface area (Å²) < 4.78 is 5.47. The number of ether oxygens (including phenoxy) is 1. The van der Waals surface area contributed by atoms with Gasteiger partial charge in [-0.15, -0.1) is 0 Å². The quantitative estimate of drug-likeness (QED) is 0.923. The Labute approximate surface area is 108 Å². The van der Waals surface area contributed by atoms with Gasteiger partial charge in [0, 0.05) is 0 Å². The van der Waals surface area contributed by atoms with Gasteiger partial charge in [0.25, 0.3) is 0 Å². The molecule has 0 aliphatic heterocycles. The van der Waals surface area contributed by atoms with Crippen LogP contribution in [0.1, 0.15) is 15.9 Å². The lowest BCUT2D eigenvalue weighted by Gasteiger charge is -2.11. The van der Waals surface area contributed by atoms with Gasteiger partial charge in [0.1, 0.15) is 22.7 Å². The number of carboxylic acids is 1. The van der Waals surface area contributed by atoms with Gasteiger partial charge in [-0.05, 0) is 18.6 Å². The standard InChI is InChI=1S/C12H9ClN2O3/c1-7-3-2-4-8(12(16)17)10(7)18-11-9(13)5-14-6-15-11/h2-6H,1H3,(H,16,17). The van der Waals surface area contributed by atoms with Crippen LogP contribution in [-0.4, -0.2) is 21.0 Å². The molecule has 0 aliphatic carbocycles. The Bertz CT molecular complexity index is 602. The van der Waals surface area contributed by atoms with E-state index >= 15 is 0 Å². The number of aryl methyl sites for hydroxylation is 1. The molecule has 0 aliphatic rings. The molecule has 6 heteroatoms. The van der Waals surface area contributed by atoms with Crippen LogP contribution in [0.2, 0.25) is 5.02 Å². The van der Waals surface area contributed by atoms with E-state index in [0.717, 1.165) is 0 Å². The lowest BCUT2D eigenvalue weighted by atomic mass is 10.1. The third kappa shape index (κ3) is 2.41. The van der Waals surface area contributed by atoms with Gasteiger partial charge in [-0.25, -0.2) is 14.8 Å².